The zero-order chi connectivity index (χ0) is 22.1. The highest BCUT2D eigenvalue weighted by atomic mass is 35.5. The van der Waals surface area contributed by atoms with Crippen molar-refractivity contribution in [2.24, 2.45) is 11.8 Å². The van der Waals surface area contributed by atoms with Gasteiger partial charge in [-0.05, 0) is 43.4 Å². The number of hydrogen-bond donors (Lipinski definition) is 4. The smallest absolute Gasteiger partial charge is 0.303 e. The van der Waals surface area contributed by atoms with Crippen molar-refractivity contribution >= 4 is 29.2 Å². The van der Waals surface area contributed by atoms with Crippen LogP contribution in [-0.2, 0) is 4.79 Å². The fraction of sp³-hybridized carbons (Fsp3) is 0.500. The average molecular weight is 459 g/mol. The largest absolute Gasteiger partial charge is 0.490 e. The molecule has 0 bridgehead atoms. The molecule has 5 atom stereocenters. The Bertz CT molecular complexity index is 731. The molecule has 0 saturated heterocycles. The summed E-state index contributed by atoms with van der Waals surface area (Å²) in [6.45, 7) is -0.00726. The number of carboxylic acids is 1. The summed E-state index contributed by atoms with van der Waals surface area (Å²) in [5.74, 6) is -0.836. The van der Waals surface area contributed by atoms with Crippen LogP contribution in [0.3, 0.4) is 0 Å². The zero-order valence-electron chi connectivity index (χ0n) is 16.5. The van der Waals surface area contributed by atoms with Crippen LogP contribution in [0.4, 0.5) is 0 Å². The molecule has 1 aliphatic carbocycles. The van der Waals surface area contributed by atoms with Crippen LogP contribution in [0.5, 0.6) is 5.75 Å². The Labute approximate surface area is 186 Å². The summed E-state index contributed by atoms with van der Waals surface area (Å²) in [5, 5.41) is 40.2. The summed E-state index contributed by atoms with van der Waals surface area (Å²) < 4.78 is 5.50. The first-order valence-electron chi connectivity index (χ1n) is 9.94. The van der Waals surface area contributed by atoms with E-state index in [1.54, 1.807) is 30.4 Å². The maximum absolute atomic E-state index is 10.5. The van der Waals surface area contributed by atoms with Crippen molar-refractivity contribution in [1.82, 2.24) is 0 Å². The molecule has 1 aromatic carbocycles. The highest BCUT2D eigenvalue weighted by Crippen LogP contribution is 2.36. The van der Waals surface area contributed by atoms with E-state index in [1.165, 1.54) is 0 Å². The number of hydrogen-bond acceptors (Lipinski definition) is 5. The lowest BCUT2D eigenvalue weighted by molar-refractivity contribution is -0.137. The molecule has 4 N–H and O–H groups in total. The second kappa shape index (κ2) is 12.3. The first-order valence-corrected chi connectivity index (χ1v) is 10.7. The highest BCUT2D eigenvalue weighted by Gasteiger charge is 2.39. The van der Waals surface area contributed by atoms with Gasteiger partial charge in [0.2, 0.25) is 0 Å². The van der Waals surface area contributed by atoms with Crippen LogP contribution in [-0.4, -0.2) is 51.3 Å². The molecule has 30 heavy (non-hydrogen) atoms. The molecule has 0 aromatic heterocycles. The Morgan fingerprint density at radius 1 is 1.17 bits per heavy atom. The van der Waals surface area contributed by atoms with Gasteiger partial charge in [0.05, 0.1) is 12.2 Å². The maximum atomic E-state index is 10.5. The fourth-order valence-corrected chi connectivity index (χ4v) is 4.06. The van der Waals surface area contributed by atoms with E-state index in [0.29, 0.717) is 35.1 Å². The van der Waals surface area contributed by atoms with Crippen LogP contribution in [0, 0.1) is 11.8 Å². The van der Waals surface area contributed by atoms with E-state index in [1.807, 2.05) is 12.2 Å². The molecule has 0 amide bonds. The minimum absolute atomic E-state index is 0.00726. The van der Waals surface area contributed by atoms with Gasteiger partial charge in [0, 0.05) is 28.8 Å². The number of aliphatic hydroxyl groups is 3. The van der Waals surface area contributed by atoms with E-state index >= 15 is 0 Å². The van der Waals surface area contributed by atoms with Crippen LogP contribution in [0.2, 0.25) is 10.0 Å². The van der Waals surface area contributed by atoms with Crippen LogP contribution in [0.25, 0.3) is 0 Å². The molecule has 0 spiro atoms. The van der Waals surface area contributed by atoms with Crippen LogP contribution in [0.15, 0.2) is 42.5 Å². The van der Waals surface area contributed by atoms with Crippen molar-refractivity contribution < 1.29 is 30.0 Å². The lowest BCUT2D eigenvalue weighted by atomic mass is 9.89. The molecule has 2 rings (SSSR count). The number of ether oxygens (including phenoxy) is 1. The van der Waals surface area contributed by atoms with Gasteiger partial charge in [-0.3, -0.25) is 4.79 Å². The van der Waals surface area contributed by atoms with Crippen LogP contribution >= 0.6 is 23.2 Å². The van der Waals surface area contributed by atoms with Gasteiger partial charge >= 0.3 is 5.97 Å². The van der Waals surface area contributed by atoms with E-state index in [4.69, 9.17) is 33.0 Å². The summed E-state index contributed by atoms with van der Waals surface area (Å²) in [5.41, 5.74) is 0. The van der Waals surface area contributed by atoms with Gasteiger partial charge in [0.1, 0.15) is 18.5 Å². The first-order chi connectivity index (χ1) is 14.3. The van der Waals surface area contributed by atoms with Crippen molar-refractivity contribution in [2.45, 2.75) is 50.4 Å². The van der Waals surface area contributed by atoms with Gasteiger partial charge in [-0.25, -0.2) is 0 Å². The summed E-state index contributed by atoms with van der Waals surface area (Å²) in [4.78, 5) is 10.5. The van der Waals surface area contributed by atoms with Gasteiger partial charge < -0.3 is 25.2 Å². The number of unbranched alkanes of at least 4 members (excludes halogenated alkanes) is 1. The third kappa shape index (κ3) is 8.28. The van der Waals surface area contributed by atoms with Crippen molar-refractivity contribution in [1.29, 1.82) is 0 Å². The normalized spacial score (nSPS) is 25.2. The number of aliphatic hydroxyl groups excluding tert-OH is 3. The molecular formula is C22H28Cl2O6. The minimum Gasteiger partial charge on any atom is -0.490 e. The van der Waals surface area contributed by atoms with Crippen LogP contribution < -0.4 is 4.74 Å². The molecule has 1 fully saturated rings. The van der Waals surface area contributed by atoms with Gasteiger partial charge in [-0.15, -0.1) is 0 Å². The predicted octanol–water partition coefficient (Wildman–Crippen LogP) is 3.85. The molecule has 0 unspecified atom stereocenters. The number of aliphatic carboxylic acids is 1. The Morgan fingerprint density at radius 2 is 1.87 bits per heavy atom. The molecule has 6 nitrogen and oxygen atoms in total. The monoisotopic (exact) mass is 458 g/mol. The Balaban J connectivity index is 1.85. The molecule has 1 aliphatic rings. The standard InChI is InChI=1S/C22H28Cl2O6/c23-14-9-15(24)11-17(10-14)30-13-16(25)7-8-19-18(20(26)12-21(19)27)5-3-1-2-4-6-22(28)29/h1,3,7-11,16,18-21,25-27H,2,4-6,12-13H2,(H,28,29)/b3-1-,8-7+/t16-,18-,19-,20+,21-/m1/s1. The molecule has 1 aromatic rings. The molecule has 166 valence electrons. The summed E-state index contributed by atoms with van der Waals surface area (Å²) in [6.07, 6.45) is 7.05. The van der Waals surface area contributed by atoms with Gasteiger partial charge in [0.25, 0.3) is 0 Å². The van der Waals surface area contributed by atoms with E-state index in [-0.39, 0.29) is 31.3 Å². The van der Waals surface area contributed by atoms with Crippen molar-refractivity contribution in [2.75, 3.05) is 6.61 Å². The average Bonchev–Trinajstić information content (AvgIpc) is 2.92. The Kier molecular flexibility index (Phi) is 10.1. The lowest BCUT2D eigenvalue weighted by Crippen LogP contribution is -2.21. The van der Waals surface area contributed by atoms with E-state index in [9.17, 15) is 20.1 Å². The van der Waals surface area contributed by atoms with E-state index < -0.39 is 24.3 Å². The van der Waals surface area contributed by atoms with E-state index in [2.05, 4.69) is 0 Å². The number of benzene rings is 1. The van der Waals surface area contributed by atoms with E-state index in [0.717, 1.165) is 0 Å². The number of carbonyl (C=O) groups is 1. The third-order valence-corrected chi connectivity index (χ3v) is 5.50. The van der Waals surface area contributed by atoms with Crippen molar-refractivity contribution in [3.05, 3.63) is 52.5 Å². The van der Waals surface area contributed by atoms with Crippen molar-refractivity contribution in [3.63, 3.8) is 0 Å². The Hall–Kier alpha value is -1.57. The molecule has 0 radical (unpaired) electrons. The second-order valence-corrected chi connectivity index (χ2v) is 8.35. The summed E-state index contributed by atoms with van der Waals surface area (Å²) in [7, 11) is 0. The molecule has 0 heterocycles. The number of rotatable bonds is 11. The Morgan fingerprint density at radius 3 is 2.53 bits per heavy atom. The molecule has 0 aliphatic heterocycles. The second-order valence-electron chi connectivity index (χ2n) is 7.47. The molecule has 1 saturated carbocycles. The maximum Gasteiger partial charge on any atom is 0.303 e. The highest BCUT2D eigenvalue weighted by molar-refractivity contribution is 6.34. The number of allylic oxidation sites excluding steroid dienone is 2. The minimum atomic E-state index is -0.903. The predicted molar refractivity (Wildman–Crippen MR) is 116 cm³/mol. The SMILES string of the molecule is O=C(O)CCC/C=C\C[C@@H]1[C@@H](/C=C/[C@@H](O)COc2cc(Cl)cc(Cl)c2)[C@H](O)C[C@@H]1O. The van der Waals surface area contributed by atoms with Gasteiger partial charge in [0.15, 0.2) is 0 Å². The summed E-state index contributed by atoms with van der Waals surface area (Å²) in [6, 6.07) is 4.78. The first kappa shape index (κ1) is 24.7. The quantitative estimate of drug-likeness (QED) is 0.296. The van der Waals surface area contributed by atoms with Gasteiger partial charge in [-0.2, -0.15) is 0 Å². The number of halogens is 2. The lowest BCUT2D eigenvalue weighted by Gasteiger charge is -2.19. The third-order valence-electron chi connectivity index (χ3n) is 5.06. The number of carboxylic acid groups (broad SMARTS) is 1. The molecule has 8 heteroatoms. The fourth-order valence-electron chi connectivity index (χ4n) is 3.55. The van der Waals surface area contributed by atoms with Crippen LogP contribution in [0.1, 0.15) is 32.1 Å². The topological polar surface area (TPSA) is 107 Å². The summed E-state index contributed by atoms with van der Waals surface area (Å²) >= 11 is 11.8. The van der Waals surface area contributed by atoms with Crippen molar-refractivity contribution in [3.8, 4) is 5.75 Å². The zero-order valence-corrected chi connectivity index (χ0v) is 18.0. The molecular weight excluding hydrogens is 431 g/mol. The van der Waals surface area contributed by atoms with Gasteiger partial charge in [-0.1, -0.05) is 47.5 Å².